The summed E-state index contributed by atoms with van der Waals surface area (Å²) in [4.78, 5) is 10.8. The molecule has 0 bridgehead atoms. The zero-order valence-corrected chi connectivity index (χ0v) is 17.0. The summed E-state index contributed by atoms with van der Waals surface area (Å²) in [5.41, 5.74) is 0. The molecule has 0 aromatic heterocycles. The number of ether oxygens (including phenoxy) is 1. The molecule has 0 heterocycles. The van der Waals surface area contributed by atoms with Gasteiger partial charge >= 0.3 is 5.97 Å². The molecule has 0 aliphatic heterocycles. The molecule has 0 aromatic carbocycles. The van der Waals surface area contributed by atoms with Gasteiger partial charge in [0.05, 0.1) is 6.61 Å². The van der Waals surface area contributed by atoms with Crippen molar-refractivity contribution in [3.63, 3.8) is 0 Å². The molecule has 0 fully saturated rings. The molecular weight excluding hydrogens is 296 g/mol. The number of hydrogen-bond acceptors (Lipinski definition) is 2. The lowest BCUT2D eigenvalue weighted by atomic mass is 9.91. The summed E-state index contributed by atoms with van der Waals surface area (Å²) in [6.45, 7) is 15.1. The number of allylic oxidation sites excluding steroid dienone is 1. The minimum atomic E-state index is -0.164. The topological polar surface area (TPSA) is 26.3 Å². The second-order valence-corrected chi connectivity index (χ2v) is 8.12. The molecule has 0 radical (unpaired) electrons. The van der Waals surface area contributed by atoms with Crippen LogP contribution >= 0.6 is 0 Å². The molecule has 0 N–H and O–H groups in total. The van der Waals surface area contributed by atoms with Crippen LogP contribution in [0.2, 0.25) is 0 Å². The number of rotatable bonds is 15. The fourth-order valence-electron chi connectivity index (χ4n) is 3.17. The van der Waals surface area contributed by atoms with E-state index in [0.717, 1.165) is 18.3 Å². The van der Waals surface area contributed by atoms with Gasteiger partial charge in [0.15, 0.2) is 0 Å². The van der Waals surface area contributed by atoms with Gasteiger partial charge in [0, 0.05) is 6.92 Å². The average molecular weight is 339 g/mol. The lowest BCUT2D eigenvalue weighted by Gasteiger charge is -2.16. The molecule has 0 saturated heterocycles. The summed E-state index contributed by atoms with van der Waals surface area (Å²) in [7, 11) is 0. The molecule has 0 spiro atoms. The van der Waals surface area contributed by atoms with Gasteiger partial charge < -0.3 is 4.74 Å². The Morgan fingerprint density at radius 1 is 0.833 bits per heavy atom. The fourth-order valence-corrected chi connectivity index (χ4v) is 3.17. The molecule has 24 heavy (non-hydrogen) atoms. The number of esters is 1. The minimum Gasteiger partial charge on any atom is -0.466 e. The van der Waals surface area contributed by atoms with E-state index in [0.29, 0.717) is 18.4 Å². The van der Waals surface area contributed by atoms with E-state index >= 15 is 0 Å². The highest BCUT2D eigenvalue weighted by Gasteiger charge is 2.09. The van der Waals surface area contributed by atoms with Gasteiger partial charge in [-0.25, -0.2) is 0 Å². The summed E-state index contributed by atoms with van der Waals surface area (Å²) in [5.74, 6) is 2.67. The van der Waals surface area contributed by atoms with Gasteiger partial charge in [-0.3, -0.25) is 4.79 Å². The van der Waals surface area contributed by atoms with Crippen molar-refractivity contribution in [1.29, 1.82) is 0 Å². The second kappa shape index (κ2) is 14.5. The van der Waals surface area contributed by atoms with Crippen LogP contribution < -0.4 is 0 Å². The molecule has 0 aliphatic rings. The van der Waals surface area contributed by atoms with Crippen LogP contribution in [-0.2, 0) is 9.53 Å². The van der Waals surface area contributed by atoms with E-state index in [2.05, 4.69) is 40.3 Å². The third-order valence-corrected chi connectivity index (χ3v) is 5.12. The van der Waals surface area contributed by atoms with Crippen molar-refractivity contribution >= 4 is 5.97 Å². The summed E-state index contributed by atoms with van der Waals surface area (Å²) < 4.78 is 5.06. The van der Waals surface area contributed by atoms with E-state index in [1.807, 2.05) is 0 Å². The first-order valence-corrected chi connectivity index (χ1v) is 10.1. The van der Waals surface area contributed by atoms with Crippen LogP contribution in [0.15, 0.2) is 12.7 Å². The maximum atomic E-state index is 10.8. The summed E-state index contributed by atoms with van der Waals surface area (Å²) in [5, 5.41) is 0. The highest BCUT2D eigenvalue weighted by Crippen LogP contribution is 2.22. The fraction of sp³-hybridized carbons (Fsp3) is 0.864. The zero-order valence-electron chi connectivity index (χ0n) is 17.0. The van der Waals surface area contributed by atoms with E-state index in [1.54, 1.807) is 0 Å². The van der Waals surface area contributed by atoms with Crippen molar-refractivity contribution in [1.82, 2.24) is 0 Å². The Labute approximate surface area is 151 Å². The molecule has 0 unspecified atom stereocenters. The van der Waals surface area contributed by atoms with Gasteiger partial charge in [0.25, 0.3) is 0 Å². The quantitative estimate of drug-likeness (QED) is 0.243. The van der Waals surface area contributed by atoms with Crippen LogP contribution in [0.1, 0.15) is 92.4 Å². The van der Waals surface area contributed by atoms with Gasteiger partial charge in [-0.2, -0.15) is 0 Å². The Hall–Kier alpha value is -0.790. The Balaban J connectivity index is 3.56. The lowest BCUT2D eigenvalue weighted by Crippen LogP contribution is -2.09. The minimum absolute atomic E-state index is 0.164. The van der Waals surface area contributed by atoms with Crippen LogP contribution in [-0.4, -0.2) is 12.6 Å². The second-order valence-electron chi connectivity index (χ2n) is 8.12. The van der Waals surface area contributed by atoms with Crippen molar-refractivity contribution in [3.8, 4) is 0 Å². The third kappa shape index (κ3) is 14.8. The predicted octanol–water partition coefficient (Wildman–Crippen LogP) is 6.79. The van der Waals surface area contributed by atoms with Crippen LogP contribution in [0.3, 0.4) is 0 Å². The van der Waals surface area contributed by atoms with E-state index in [9.17, 15) is 4.79 Å². The third-order valence-electron chi connectivity index (χ3n) is 5.12. The zero-order chi connectivity index (χ0) is 18.4. The molecule has 2 nitrogen and oxygen atoms in total. The monoisotopic (exact) mass is 338 g/mol. The maximum absolute atomic E-state index is 10.8. The first-order valence-electron chi connectivity index (χ1n) is 10.1. The van der Waals surface area contributed by atoms with E-state index in [-0.39, 0.29) is 5.97 Å². The number of carbonyl (C=O) groups is 1. The largest absolute Gasteiger partial charge is 0.466 e. The Bertz CT molecular complexity index is 324. The van der Waals surface area contributed by atoms with Crippen molar-refractivity contribution in [2.24, 2.45) is 23.7 Å². The van der Waals surface area contributed by atoms with Crippen LogP contribution in [0, 0.1) is 23.7 Å². The molecular formula is C22H42O2. The highest BCUT2D eigenvalue weighted by atomic mass is 16.5. The highest BCUT2D eigenvalue weighted by molar-refractivity contribution is 5.65. The molecule has 0 rings (SSSR count). The molecule has 0 saturated carbocycles. The van der Waals surface area contributed by atoms with Gasteiger partial charge in [0.1, 0.15) is 0 Å². The predicted molar refractivity (Wildman–Crippen MR) is 105 cm³/mol. The maximum Gasteiger partial charge on any atom is 0.302 e. The Morgan fingerprint density at radius 2 is 1.25 bits per heavy atom. The van der Waals surface area contributed by atoms with Crippen LogP contribution in [0.25, 0.3) is 0 Å². The molecule has 2 heteroatoms. The summed E-state index contributed by atoms with van der Waals surface area (Å²) in [6, 6.07) is 0. The normalized spacial score (nSPS) is 16.2. The molecule has 4 atom stereocenters. The standard InChI is InChI=1S/C22H42O2/c1-7-18(2)11-8-12-19(3)13-9-14-20(4)15-10-16-21(5)17-24-22(6)23/h7,18-21H,1,8-17H2,2-6H3/t18-,19-,20-,21-/m1/s1. The van der Waals surface area contributed by atoms with Crippen molar-refractivity contribution < 1.29 is 9.53 Å². The summed E-state index contributed by atoms with van der Waals surface area (Å²) in [6.07, 6.45) is 13.9. The van der Waals surface area contributed by atoms with Crippen molar-refractivity contribution in [2.75, 3.05) is 6.61 Å². The molecule has 0 aromatic rings. The molecule has 0 amide bonds. The SMILES string of the molecule is C=C[C@@H](C)CCC[C@@H](C)CCC[C@@H](C)CCC[C@@H](C)COC(C)=O. The van der Waals surface area contributed by atoms with Gasteiger partial charge in [0.2, 0.25) is 0 Å². The molecule has 142 valence electrons. The molecule has 0 aliphatic carbocycles. The van der Waals surface area contributed by atoms with E-state index < -0.39 is 0 Å². The average Bonchev–Trinajstić information content (AvgIpc) is 2.52. The van der Waals surface area contributed by atoms with E-state index in [4.69, 9.17) is 4.74 Å². The first-order chi connectivity index (χ1) is 11.3. The van der Waals surface area contributed by atoms with Crippen LogP contribution in [0.4, 0.5) is 0 Å². The lowest BCUT2D eigenvalue weighted by molar-refractivity contribution is -0.142. The first kappa shape index (κ1) is 23.2. The van der Waals surface area contributed by atoms with E-state index in [1.165, 1.54) is 58.3 Å². The van der Waals surface area contributed by atoms with Crippen LogP contribution in [0.5, 0.6) is 0 Å². The number of carbonyl (C=O) groups excluding carboxylic acids is 1. The van der Waals surface area contributed by atoms with Gasteiger partial charge in [-0.1, -0.05) is 78.7 Å². The Kier molecular flexibility index (Phi) is 14.1. The van der Waals surface area contributed by atoms with Gasteiger partial charge in [-0.05, 0) is 36.5 Å². The smallest absolute Gasteiger partial charge is 0.302 e. The Morgan fingerprint density at radius 3 is 1.67 bits per heavy atom. The number of hydrogen-bond donors (Lipinski definition) is 0. The van der Waals surface area contributed by atoms with Crippen molar-refractivity contribution in [3.05, 3.63) is 12.7 Å². The van der Waals surface area contributed by atoms with Crippen molar-refractivity contribution in [2.45, 2.75) is 92.4 Å². The van der Waals surface area contributed by atoms with Gasteiger partial charge in [-0.15, -0.1) is 6.58 Å². The summed E-state index contributed by atoms with van der Waals surface area (Å²) >= 11 is 0.